The molecular weight excluding hydrogens is 294 g/mol. The van der Waals surface area contributed by atoms with Crippen molar-refractivity contribution < 1.29 is 24.2 Å². The van der Waals surface area contributed by atoms with Gasteiger partial charge >= 0.3 is 11.9 Å². The van der Waals surface area contributed by atoms with E-state index in [1.54, 1.807) is 13.8 Å². The van der Waals surface area contributed by atoms with Crippen LogP contribution in [0.25, 0.3) is 0 Å². The third-order valence-corrected chi connectivity index (χ3v) is 3.91. The normalized spacial score (nSPS) is 11.1. The highest BCUT2D eigenvalue weighted by Crippen LogP contribution is 2.33. The van der Waals surface area contributed by atoms with Gasteiger partial charge in [0.15, 0.2) is 0 Å². The molecule has 1 rings (SSSR count). The van der Waals surface area contributed by atoms with Crippen molar-refractivity contribution in [1.82, 2.24) is 0 Å². The van der Waals surface area contributed by atoms with Crippen LogP contribution in [-0.4, -0.2) is 29.6 Å². The molecule has 0 aliphatic carbocycles. The average Bonchev–Trinajstić information content (AvgIpc) is 2.64. The predicted molar refractivity (Wildman–Crippen MR) is 79.8 cm³/mol. The van der Waals surface area contributed by atoms with Gasteiger partial charge < -0.3 is 15.2 Å². The highest BCUT2D eigenvalue weighted by molar-refractivity contribution is 7.16. The molecule has 1 amide bonds. The number of nitrogens with one attached hydrogen (secondary N) is 1. The summed E-state index contributed by atoms with van der Waals surface area (Å²) in [7, 11) is 0. The number of amides is 1. The smallest absolute Gasteiger partial charge is 0.341 e. The summed E-state index contributed by atoms with van der Waals surface area (Å²) >= 11 is 1.25. The highest BCUT2D eigenvalue weighted by atomic mass is 32.1. The maximum absolute atomic E-state index is 12.0. The second-order valence-electron chi connectivity index (χ2n) is 4.33. The minimum Gasteiger partial charge on any atom is -0.478 e. The van der Waals surface area contributed by atoms with E-state index < -0.39 is 17.8 Å². The van der Waals surface area contributed by atoms with Gasteiger partial charge in [0, 0.05) is 16.5 Å². The van der Waals surface area contributed by atoms with Crippen LogP contribution in [-0.2, 0) is 14.3 Å². The minimum atomic E-state index is -1.20. The molecule has 0 aliphatic rings. The number of rotatable bonds is 5. The molecule has 1 heterocycles. The molecule has 0 unspecified atom stereocenters. The Morgan fingerprint density at radius 2 is 1.95 bits per heavy atom. The van der Waals surface area contributed by atoms with Crippen LogP contribution in [0, 0.1) is 13.8 Å². The quantitative estimate of drug-likeness (QED) is 0.644. The molecule has 0 saturated carbocycles. The second-order valence-corrected chi connectivity index (χ2v) is 5.55. The number of carboxylic acids is 1. The molecule has 0 fully saturated rings. The number of carbonyl (C=O) groups excluding carboxylic acids is 2. The van der Waals surface area contributed by atoms with Gasteiger partial charge in [-0.15, -0.1) is 11.3 Å². The van der Waals surface area contributed by atoms with Crippen LogP contribution < -0.4 is 5.32 Å². The first-order valence-corrected chi connectivity index (χ1v) is 7.09. The van der Waals surface area contributed by atoms with Crippen LogP contribution in [0.1, 0.15) is 34.6 Å². The van der Waals surface area contributed by atoms with Gasteiger partial charge in [0.1, 0.15) is 5.00 Å². The molecule has 1 aromatic rings. The molecule has 0 atom stereocenters. The number of ether oxygens (including phenoxy) is 1. The predicted octanol–water partition coefficient (Wildman–Crippen LogP) is 2.51. The Kier molecular flexibility index (Phi) is 5.66. The van der Waals surface area contributed by atoms with Crippen molar-refractivity contribution in [3.63, 3.8) is 0 Å². The zero-order valence-corrected chi connectivity index (χ0v) is 13.1. The van der Waals surface area contributed by atoms with Crippen LogP contribution in [0.4, 0.5) is 5.00 Å². The van der Waals surface area contributed by atoms with Gasteiger partial charge in [0.2, 0.25) is 0 Å². The summed E-state index contributed by atoms with van der Waals surface area (Å²) in [6, 6.07) is 0. The summed E-state index contributed by atoms with van der Waals surface area (Å²) in [4.78, 5) is 35.3. The number of carbonyl (C=O) groups is 3. The zero-order valence-electron chi connectivity index (χ0n) is 12.3. The van der Waals surface area contributed by atoms with Crippen LogP contribution in [0.3, 0.4) is 0 Å². The van der Waals surface area contributed by atoms with Crippen LogP contribution in [0.2, 0.25) is 0 Å². The third-order valence-electron chi connectivity index (χ3n) is 2.79. The first kappa shape index (κ1) is 16.9. The third kappa shape index (κ3) is 4.16. The van der Waals surface area contributed by atoms with E-state index in [0.29, 0.717) is 10.6 Å². The number of hydrogen-bond donors (Lipinski definition) is 2. The molecule has 0 spiro atoms. The fourth-order valence-corrected chi connectivity index (χ4v) is 2.66. The topological polar surface area (TPSA) is 92.7 Å². The van der Waals surface area contributed by atoms with E-state index in [-0.39, 0.29) is 12.2 Å². The van der Waals surface area contributed by atoms with Crippen molar-refractivity contribution >= 4 is 34.2 Å². The molecule has 0 bridgehead atoms. The van der Waals surface area contributed by atoms with Crippen molar-refractivity contribution in [2.45, 2.75) is 27.7 Å². The first-order valence-electron chi connectivity index (χ1n) is 6.27. The standard InChI is InChI=1S/C14H17NO5S/c1-5-20-14(19)11-8(3)9(4)21-13(11)15-12(18)7(2)6-10(16)17/h6H,5H2,1-4H3,(H,15,18)(H,16,17). The summed E-state index contributed by atoms with van der Waals surface area (Å²) in [5, 5.41) is 11.6. The number of hydrogen-bond acceptors (Lipinski definition) is 5. The van der Waals surface area contributed by atoms with Crippen molar-refractivity contribution in [3.8, 4) is 0 Å². The molecule has 0 aliphatic heterocycles. The van der Waals surface area contributed by atoms with Gasteiger partial charge in [0.05, 0.1) is 12.2 Å². The highest BCUT2D eigenvalue weighted by Gasteiger charge is 2.22. The van der Waals surface area contributed by atoms with E-state index in [9.17, 15) is 14.4 Å². The van der Waals surface area contributed by atoms with E-state index in [4.69, 9.17) is 9.84 Å². The summed E-state index contributed by atoms with van der Waals surface area (Å²) < 4.78 is 4.98. The van der Waals surface area contributed by atoms with E-state index in [1.165, 1.54) is 18.3 Å². The van der Waals surface area contributed by atoms with Gasteiger partial charge in [-0.1, -0.05) is 0 Å². The van der Waals surface area contributed by atoms with Crippen molar-refractivity contribution in [2.24, 2.45) is 0 Å². The van der Waals surface area contributed by atoms with Crippen LogP contribution in [0.15, 0.2) is 11.6 Å². The molecular formula is C14H17NO5S. The van der Waals surface area contributed by atoms with Crippen molar-refractivity contribution in [3.05, 3.63) is 27.7 Å². The lowest BCUT2D eigenvalue weighted by Crippen LogP contribution is -2.16. The fraction of sp³-hybridized carbons (Fsp3) is 0.357. The number of thiophene rings is 1. The Morgan fingerprint density at radius 1 is 1.33 bits per heavy atom. The van der Waals surface area contributed by atoms with Crippen LogP contribution in [0.5, 0.6) is 0 Å². The Labute approximate surface area is 126 Å². The average molecular weight is 311 g/mol. The molecule has 6 nitrogen and oxygen atoms in total. The Hall–Kier alpha value is -2.15. The number of carboxylic acid groups (broad SMARTS) is 1. The fourth-order valence-electron chi connectivity index (χ4n) is 1.62. The van der Waals surface area contributed by atoms with Gasteiger partial charge in [-0.3, -0.25) is 4.79 Å². The molecule has 7 heteroatoms. The van der Waals surface area contributed by atoms with E-state index in [1.807, 2.05) is 6.92 Å². The molecule has 1 aromatic heterocycles. The lowest BCUT2D eigenvalue weighted by Gasteiger charge is -2.07. The molecule has 0 aromatic carbocycles. The first-order chi connectivity index (χ1) is 9.77. The zero-order chi connectivity index (χ0) is 16.2. The largest absolute Gasteiger partial charge is 0.478 e. The van der Waals surface area contributed by atoms with Crippen LogP contribution >= 0.6 is 11.3 Å². The SMILES string of the molecule is CCOC(=O)c1c(NC(=O)C(C)=CC(=O)O)sc(C)c1C. The summed E-state index contributed by atoms with van der Waals surface area (Å²) in [6.45, 7) is 6.93. The lowest BCUT2D eigenvalue weighted by atomic mass is 10.1. The number of anilines is 1. The van der Waals surface area contributed by atoms with E-state index in [0.717, 1.165) is 16.5 Å². The maximum Gasteiger partial charge on any atom is 0.341 e. The molecule has 114 valence electrons. The monoisotopic (exact) mass is 311 g/mol. The van der Waals surface area contributed by atoms with Gasteiger partial charge in [-0.25, -0.2) is 9.59 Å². The van der Waals surface area contributed by atoms with E-state index >= 15 is 0 Å². The minimum absolute atomic E-state index is 0.0426. The van der Waals surface area contributed by atoms with E-state index in [2.05, 4.69) is 5.32 Å². The second kappa shape index (κ2) is 7.03. The maximum atomic E-state index is 12.0. The van der Waals surface area contributed by atoms with Gasteiger partial charge in [-0.2, -0.15) is 0 Å². The summed E-state index contributed by atoms with van der Waals surface area (Å²) in [5.41, 5.74) is 1.10. The van der Waals surface area contributed by atoms with Crippen molar-refractivity contribution in [1.29, 1.82) is 0 Å². The van der Waals surface area contributed by atoms with Gasteiger partial charge in [-0.05, 0) is 33.3 Å². The molecule has 0 radical (unpaired) electrons. The lowest BCUT2D eigenvalue weighted by molar-refractivity contribution is -0.131. The molecule has 21 heavy (non-hydrogen) atoms. The molecule has 2 N–H and O–H groups in total. The van der Waals surface area contributed by atoms with Gasteiger partial charge in [0.25, 0.3) is 5.91 Å². The summed E-state index contributed by atoms with van der Waals surface area (Å²) in [6.07, 6.45) is 0.812. The Morgan fingerprint density at radius 3 is 2.48 bits per heavy atom. The molecule has 0 saturated heterocycles. The van der Waals surface area contributed by atoms with Crippen molar-refractivity contribution in [2.75, 3.05) is 11.9 Å². The Bertz CT molecular complexity index is 615. The number of aliphatic carboxylic acids is 1. The Balaban J connectivity index is 3.09. The number of aryl methyl sites for hydroxylation is 1. The summed E-state index contributed by atoms with van der Waals surface area (Å²) in [5.74, 6) is -2.27. The number of esters is 1.